The molecule has 0 aliphatic heterocycles. The molecule has 3 aromatic rings. The number of thiazole rings is 1. The first-order valence-electron chi connectivity index (χ1n) is 8.26. The first-order valence-corrected chi connectivity index (χ1v) is 9.96. The highest BCUT2D eigenvalue weighted by atomic mass is 32.2. The fourth-order valence-electron chi connectivity index (χ4n) is 2.94. The Morgan fingerprint density at radius 2 is 1.92 bits per heavy atom. The third-order valence-corrected chi connectivity index (χ3v) is 6.02. The lowest BCUT2D eigenvalue weighted by Crippen LogP contribution is -2.11. The van der Waals surface area contributed by atoms with E-state index in [1.807, 2.05) is 30.3 Å². The minimum atomic E-state index is -0.109. The summed E-state index contributed by atoms with van der Waals surface area (Å²) < 4.78 is 0. The molecule has 0 bridgehead atoms. The van der Waals surface area contributed by atoms with E-state index < -0.39 is 0 Å². The molecule has 1 aromatic heterocycles. The second-order valence-electron chi connectivity index (χ2n) is 6.27. The van der Waals surface area contributed by atoms with Crippen LogP contribution in [0.15, 0.2) is 53.4 Å². The summed E-state index contributed by atoms with van der Waals surface area (Å²) in [5.41, 5.74) is 4.17. The van der Waals surface area contributed by atoms with Gasteiger partial charge in [-0.15, -0.1) is 23.1 Å². The van der Waals surface area contributed by atoms with Crippen LogP contribution in [-0.2, 0) is 6.42 Å². The lowest BCUT2D eigenvalue weighted by Gasteiger charge is -2.06. The predicted molar refractivity (Wildman–Crippen MR) is 106 cm³/mol. The Morgan fingerprint density at radius 1 is 1.16 bits per heavy atom. The molecular formula is C20H18N2OS2. The summed E-state index contributed by atoms with van der Waals surface area (Å²) in [5, 5.41) is 4.14. The van der Waals surface area contributed by atoms with Crippen LogP contribution in [0.25, 0.3) is 11.3 Å². The lowest BCUT2D eigenvalue weighted by molar-refractivity contribution is 0.102. The Kier molecular flexibility index (Phi) is 4.36. The molecule has 0 atom stereocenters. The number of carbonyl (C=O) groups excluding carboxylic acids is 1. The molecule has 0 spiro atoms. The molecule has 0 fully saturated rings. The molecule has 5 heteroatoms. The number of benzene rings is 2. The van der Waals surface area contributed by atoms with E-state index in [-0.39, 0.29) is 5.91 Å². The number of fused-ring (bicyclic) bond motifs is 3. The van der Waals surface area contributed by atoms with Crippen LogP contribution in [0, 0.1) is 0 Å². The molecule has 2 aromatic carbocycles. The van der Waals surface area contributed by atoms with E-state index in [0.717, 1.165) is 12.1 Å². The number of hydrogen-bond acceptors (Lipinski definition) is 4. The average molecular weight is 367 g/mol. The summed E-state index contributed by atoms with van der Waals surface area (Å²) in [5.74, 6) is -0.109. The molecule has 1 amide bonds. The molecule has 25 heavy (non-hydrogen) atoms. The van der Waals surface area contributed by atoms with Crippen molar-refractivity contribution in [1.29, 1.82) is 0 Å². The number of anilines is 1. The third-order valence-electron chi connectivity index (χ3n) is 4.03. The van der Waals surface area contributed by atoms with E-state index in [1.54, 1.807) is 23.1 Å². The Labute approximate surface area is 155 Å². The summed E-state index contributed by atoms with van der Waals surface area (Å²) in [6, 6.07) is 16.1. The summed E-state index contributed by atoms with van der Waals surface area (Å²) in [7, 11) is 0. The maximum atomic E-state index is 12.5. The number of aromatic nitrogens is 1. The Hall–Kier alpha value is -2.11. The first kappa shape index (κ1) is 16.4. The van der Waals surface area contributed by atoms with Gasteiger partial charge in [0.2, 0.25) is 0 Å². The van der Waals surface area contributed by atoms with Crippen LogP contribution in [0.1, 0.15) is 34.6 Å². The number of hydrogen-bond donors (Lipinski definition) is 1. The standard InChI is InChI=1S/C20H18N2OS2/c1-12(2)24-15-9-7-13(8-10-15)19(23)22-20-21-18-16-6-4-3-5-14(16)11-17(18)25-20/h3-10,12H,11H2,1-2H3,(H,21,22,23). The quantitative estimate of drug-likeness (QED) is 0.487. The average Bonchev–Trinajstić information content (AvgIpc) is 3.12. The Bertz CT molecular complexity index is 929. The zero-order valence-electron chi connectivity index (χ0n) is 14.1. The molecule has 0 saturated carbocycles. The zero-order valence-corrected chi connectivity index (χ0v) is 15.7. The predicted octanol–water partition coefficient (Wildman–Crippen LogP) is 5.47. The fourth-order valence-corrected chi connectivity index (χ4v) is 4.77. The van der Waals surface area contributed by atoms with Gasteiger partial charge in [-0.25, -0.2) is 4.98 Å². The number of thioether (sulfide) groups is 1. The van der Waals surface area contributed by atoms with E-state index >= 15 is 0 Å². The summed E-state index contributed by atoms with van der Waals surface area (Å²) >= 11 is 3.36. The Morgan fingerprint density at radius 3 is 2.68 bits per heavy atom. The van der Waals surface area contributed by atoms with E-state index in [0.29, 0.717) is 15.9 Å². The smallest absolute Gasteiger partial charge is 0.257 e. The van der Waals surface area contributed by atoms with Crippen molar-refractivity contribution in [2.75, 3.05) is 5.32 Å². The molecule has 0 saturated heterocycles. The lowest BCUT2D eigenvalue weighted by atomic mass is 10.1. The van der Waals surface area contributed by atoms with Crippen LogP contribution in [0.3, 0.4) is 0 Å². The molecule has 0 radical (unpaired) electrons. The third kappa shape index (κ3) is 3.34. The first-order chi connectivity index (χ1) is 12.1. The molecule has 4 rings (SSSR count). The van der Waals surface area contributed by atoms with E-state index in [4.69, 9.17) is 0 Å². The van der Waals surface area contributed by atoms with Gasteiger partial charge in [-0.1, -0.05) is 38.1 Å². The fraction of sp³-hybridized carbons (Fsp3) is 0.200. The van der Waals surface area contributed by atoms with Crippen LogP contribution in [0.2, 0.25) is 0 Å². The summed E-state index contributed by atoms with van der Waals surface area (Å²) in [6.07, 6.45) is 0.903. The molecule has 0 unspecified atom stereocenters. The van der Waals surface area contributed by atoms with E-state index in [1.165, 1.54) is 20.9 Å². The largest absolute Gasteiger partial charge is 0.298 e. The van der Waals surface area contributed by atoms with Crippen molar-refractivity contribution in [1.82, 2.24) is 4.98 Å². The minimum absolute atomic E-state index is 0.109. The number of nitrogens with zero attached hydrogens (tertiary/aromatic N) is 1. The number of rotatable bonds is 4. The monoisotopic (exact) mass is 366 g/mol. The molecular weight excluding hydrogens is 348 g/mol. The number of carbonyl (C=O) groups is 1. The van der Waals surface area contributed by atoms with Crippen LogP contribution in [0.5, 0.6) is 0 Å². The maximum absolute atomic E-state index is 12.5. The van der Waals surface area contributed by atoms with Gasteiger partial charge in [0.05, 0.1) is 5.69 Å². The van der Waals surface area contributed by atoms with Gasteiger partial charge in [0.1, 0.15) is 0 Å². The van der Waals surface area contributed by atoms with Crippen LogP contribution >= 0.6 is 23.1 Å². The molecule has 3 nitrogen and oxygen atoms in total. The molecule has 1 N–H and O–H groups in total. The topological polar surface area (TPSA) is 42.0 Å². The van der Waals surface area contributed by atoms with Gasteiger partial charge in [0, 0.05) is 32.6 Å². The van der Waals surface area contributed by atoms with E-state index in [2.05, 4.69) is 42.3 Å². The highest BCUT2D eigenvalue weighted by molar-refractivity contribution is 7.99. The van der Waals surface area contributed by atoms with E-state index in [9.17, 15) is 4.79 Å². The van der Waals surface area contributed by atoms with Gasteiger partial charge < -0.3 is 0 Å². The maximum Gasteiger partial charge on any atom is 0.257 e. The van der Waals surface area contributed by atoms with Crippen molar-refractivity contribution in [3.63, 3.8) is 0 Å². The van der Waals surface area contributed by atoms with Crippen LogP contribution in [0.4, 0.5) is 5.13 Å². The molecule has 1 heterocycles. The van der Waals surface area contributed by atoms with Gasteiger partial charge in [0.25, 0.3) is 5.91 Å². The zero-order chi connectivity index (χ0) is 17.4. The van der Waals surface area contributed by atoms with Crippen molar-refractivity contribution < 1.29 is 4.79 Å². The van der Waals surface area contributed by atoms with Gasteiger partial charge in [-0.3, -0.25) is 10.1 Å². The van der Waals surface area contributed by atoms with Crippen molar-refractivity contribution in [2.45, 2.75) is 30.4 Å². The van der Waals surface area contributed by atoms with Gasteiger partial charge >= 0.3 is 0 Å². The van der Waals surface area contributed by atoms with Gasteiger partial charge in [0.15, 0.2) is 5.13 Å². The van der Waals surface area contributed by atoms with Crippen LogP contribution < -0.4 is 5.32 Å². The number of amides is 1. The van der Waals surface area contributed by atoms with Gasteiger partial charge in [-0.2, -0.15) is 0 Å². The summed E-state index contributed by atoms with van der Waals surface area (Å²) in [4.78, 5) is 19.5. The van der Waals surface area contributed by atoms with Crippen molar-refractivity contribution in [3.05, 3.63) is 64.5 Å². The second kappa shape index (κ2) is 6.65. The van der Waals surface area contributed by atoms with Crippen molar-refractivity contribution in [2.24, 2.45) is 0 Å². The van der Waals surface area contributed by atoms with Crippen LogP contribution in [-0.4, -0.2) is 16.1 Å². The SMILES string of the molecule is CC(C)Sc1ccc(C(=O)Nc2nc3c(s2)Cc2ccccc2-3)cc1. The van der Waals surface area contributed by atoms with Crippen molar-refractivity contribution >= 4 is 34.1 Å². The number of nitrogens with one attached hydrogen (secondary N) is 1. The minimum Gasteiger partial charge on any atom is -0.298 e. The van der Waals surface area contributed by atoms with Crippen molar-refractivity contribution in [3.8, 4) is 11.3 Å². The molecule has 126 valence electrons. The summed E-state index contributed by atoms with van der Waals surface area (Å²) in [6.45, 7) is 4.32. The molecule has 1 aliphatic rings. The van der Waals surface area contributed by atoms with Gasteiger partial charge in [-0.05, 0) is 29.8 Å². The normalized spacial score (nSPS) is 12.1. The molecule has 1 aliphatic carbocycles. The Balaban J connectivity index is 1.49. The highest BCUT2D eigenvalue weighted by Gasteiger charge is 2.23. The second-order valence-corrected chi connectivity index (χ2v) is 9.00. The highest BCUT2D eigenvalue weighted by Crippen LogP contribution is 2.40.